The molecule has 3 aromatic carbocycles. The fraction of sp³-hybridized carbons (Fsp3) is 0.594. The highest BCUT2D eigenvalue weighted by molar-refractivity contribution is 5.93. The number of nitrogens with one attached hydrogen (secondary N) is 1. The van der Waals surface area contributed by atoms with Gasteiger partial charge in [0, 0.05) is 40.4 Å². The van der Waals surface area contributed by atoms with Crippen molar-refractivity contribution in [3.63, 3.8) is 0 Å². The summed E-state index contributed by atoms with van der Waals surface area (Å²) in [6.45, 7) is 17.1. The van der Waals surface area contributed by atoms with E-state index in [1.807, 2.05) is 0 Å². The smallest absolute Gasteiger partial charge is 0.458 e. The van der Waals surface area contributed by atoms with Crippen molar-refractivity contribution in [1.82, 2.24) is 20.0 Å². The average Bonchev–Trinajstić information content (AvgIpc) is 1.01. The second-order valence-corrected chi connectivity index (χ2v) is 25.8. The van der Waals surface area contributed by atoms with E-state index in [-0.39, 0.29) is 37.9 Å². The molecule has 0 fully saturated rings. The highest BCUT2D eigenvalue weighted by atomic mass is 19.4. The summed E-state index contributed by atoms with van der Waals surface area (Å²) in [6.07, 6.45) is -19.6. The minimum absolute atomic E-state index is 0.0834. The molecule has 91 heavy (non-hydrogen) atoms. The maximum absolute atomic E-state index is 15.9. The Morgan fingerprint density at radius 2 is 0.846 bits per heavy atom. The molecule has 0 heterocycles. The van der Waals surface area contributed by atoms with Crippen LogP contribution in [0.4, 0.5) is 35.1 Å². The van der Waals surface area contributed by atoms with E-state index in [0.717, 1.165) is 74.0 Å². The first-order valence-electron chi connectivity index (χ1n) is 29.2. The molecule has 19 nitrogen and oxygen atoms in total. The summed E-state index contributed by atoms with van der Waals surface area (Å²) in [4.78, 5) is 116. The highest BCUT2D eigenvalue weighted by Crippen LogP contribution is 2.31. The number of ether oxygens (including phenoxy) is 7. The maximum atomic E-state index is 15.9. The first-order valence-corrected chi connectivity index (χ1v) is 29.2. The number of amides is 3. The van der Waals surface area contributed by atoms with Crippen LogP contribution in [0, 0.1) is 10.8 Å². The second kappa shape index (κ2) is 32.6. The van der Waals surface area contributed by atoms with Gasteiger partial charge < -0.3 is 53.2 Å². The van der Waals surface area contributed by atoms with Crippen molar-refractivity contribution in [1.29, 1.82) is 0 Å². The molecule has 0 saturated carbocycles. The Bertz CT molecular complexity index is 2900. The van der Waals surface area contributed by atoms with Crippen LogP contribution in [0.15, 0.2) is 78.9 Å². The molecule has 0 aliphatic rings. The monoisotopic (exact) mass is 1300 g/mol. The average molecular weight is 1300 g/mol. The zero-order chi connectivity index (χ0) is 69.4. The van der Waals surface area contributed by atoms with E-state index in [9.17, 15) is 69.1 Å². The number of alkyl halides is 8. The van der Waals surface area contributed by atoms with Crippen molar-refractivity contribution in [2.24, 2.45) is 10.8 Å². The minimum atomic E-state index is -5.08. The Morgan fingerprint density at radius 3 is 1.27 bits per heavy atom. The topological polar surface area (TPSA) is 223 Å². The molecule has 0 unspecified atom stereocenters. The fourth-order valence-corrected chi connectivity index (χ4v) is 9.25. The predicted octanol–water partition coefficient (Wildman–Crippen LogP) is 10.3. The number of carbonyl (C=O) groups excluding carboxylic acids is 8. The van der Waals surface area contributed by atoms with E-state index in [2.05, 4.69) is 14.8 Å². The molecule has 0 radical (unpaired) electrons. The van der Waals surface area contributed by atoms with E-state index in [1.54, 1.807) is 71.9 Å². The van der Waals surface area contributed by atoms with Gasteiger partial charge in [0.2, 0.25) is 0 Å². The van der Waals surface area contributed by atoms with Gasteiger partial charge in [-0.2, -0.15) is 0 Å². The lowest BCUT2D eigenvalue weighted by Crippen LogP contribution is -2.54. The zero-order valence-corrected chi connectivity index (χ0v) is 54.3. The molecule has 3 rings (SSSR count). The predicted molar refractivity (Wildman–Crippen MR) is 316 cm³/mol. The summed E-state index contributed by atoms with van der Waals surface area (Å²) in [6, 6.07) is 11.1. The summed E-state index contributed by atoms with van der Waals surface area (Å²) < 4.78 is 145. The van der Waals surface area contributed by atoms with Gasteiger partial charge >= 0.3 is 42.6 Å². The van der Waals surface area contributed by atoms with Crippen LogP contribution in [0.2, 0.25) is 0 Å². The first kappa shape index (κ1) is 77.7. The van der Waals surface area contributed by atoms with Crippen molar-refractivity contribution >= 4 is 47.6 Å². The molecule has 0 spiro atoms. The van der Waals surface area contributed by atoms with Crippen LogP contribution < -0.4 is 14.8 Å². The van der Waals surface area contributed by atoms with Gasteiger partial charge in [0.15, 0.2) is 24.4 Å². The molecule has 508 valence electrons. The van der Waals surface area contributed by atoms with Crippen LogP contribution in [0.3, 0.4) is 0 Å². The lowest BCUT2D eigenvalue weighted by Gasteiger charge is -2.36. The summed E-state index contributed by atoms with van der Waals surface area (Å²) >= 11 is 0. The maximum Gasteiger partial charge on any atom is 0.573 e. The van der Waals surface area contributed by atoms with Crippen LogP contribution in [-0.2, 0) is 81.5 Å². The van der Waals surface area contributed by atoms with E-state index in [1.165, 1.54) is 54.0 Å². The Kier molecular flexibility index (Phi) is 27.8. The van der Waals surface area contributed by atoms with E-state index >= 15 is 4.39 Å². The number of halogens is 8. The lowest BCUT2D eigenvalue weighted by molar-refractivity contribution is -0.275. The van der Waals surface area contributed by atoms with Crippen LogP contribution in [-0.4, -0.2) is 163 Å². The van der Waals surface area contributed by atoms with Gasteiger partial charge in [0.05, 0.1) is 0 Å². The first-order chi connectivity index (χ1) is 41.7. The molecular formula is C64H86F8N4O15. The fourth-order valence-electron chi connectivity index (χ4n) is 9.25. The zero-order valence-electron chi connectivity index (χ0n) is 54.3. The second-order valence-electron chi connectivity index (χ2n) is 25.8. The van der Waals surface area contributed by atoms with Crippen molar-refractivity contribution in [2.75, 3.05) is 28.2 Å². The van der Waals surface area contributed by atoms with Gasteiger partial charge in [-0.05, 0) is 126 Å². The third-order valence-corrected chi connectivity index (χ3v) is 13.9. The van der Waals surface area contributed by atoms with E-state index in [0.29, 0.717) is 16.0 Å². The molecule has 27 heteroatoms. The Labute approximate surface area is 526 Å². The number of rotatable bonds is 31. The van der Waals surface area contributed by atoms with E-state index in [4.69, 9.17) is 23.7 Å². The van der Waals surface area contributed by atoms with Gasteiger partial charge in [-0.15, -0.1) is 26.3 Å². The molecule has 0 aromatic heterocycles. The van der Waals surface area contributed by atoms with Crippen molar-refractivity contribution in [3.8, 4) is 11.5 Å². The summed E-state index contributed by atoms with van der Waals surface area (Å²) in [7, 11) is 4.78. The van der Waals surface area contributed by atoms with Crippen LogP contribution in [0.5, 0.6) is 11.5 Å². The molecule has 0 aliphatic heterocycles. The van der Waals surface area contributed by atoms with Gasteiger partial charge in [0.1, 0.15) is 53.6 Å². The van der Waals surface area contributed by atoms with Crippen molar-refractivity contribution in [2.45, 2.75) is 207 Å². The summed E-state index contributed by atoms with van der Waals surface area (Å²) in [5, 5.41) is 2.65. The number of hydrogen-bond donors (Lipinski definition) is 1. The minimum Gasteiger partial charge on any atom is -0.458 e. The number of hydrogen-bond acceptors (Lipinski definition) is 16. The summed E-state index contributed by atoms with van der Waals surface area (Å²) in [5.41, 5.74) is -4.62. The van der Waals surface area contributed by atoms with Gasteiger partial charge in [-0.25, -0.2) is 28.0 Å². The molecule has 0 aliphatic carbocycles. The molecular weight excluding hydrogens is 1220 g/mol. The molecule has 0 bridgehead atoms. The third kappa shape index (κ3) is 27.8. The number of likely N-dealkylation sites (N-methyl/N-ethyl adjacent to an activating group) is 4. The largest absolute Gasteiger partial charge is 0.573 e. The normalized spacial score (nSPS) is 15.0. The Balaban J connectivity index is 2.03. The SMILES string of the molecule is CN[C@@H](CC(C)(C)F)C(=O)O[C@H](CCc1ccc(OC(F)(F)F)cc1)C(=O)N(C)[C@@H](CC(C)(C)C)C(=O)O[C@H](C)C(=O)N(C)[C@@H](CC(C)(C)F)C(=O)O[C@H](Cc1ccc(OC(F)(F)F)cc1)C(=O)N(C)[C@@H](CC(C)(C)C)C(=O)O[C@H](C)C(=O)OCc1ccccc1. The standard InChI is InChI=1S/C64H86F8N4O15/c1-38(86-56(82)46(34-59(3,4)5)75(15)52(78)49(88-55(81)45(73-13)33-61(9,10)65)31-26-40-22-27-43(28-23-40)90-63(67,68)69)51(77)74(14)48(36-62(11,12)66)58(84)89-50(32-41-24-29-44(30-25-41)91-64(70,71)72)53(79)76(16)47(35-60(6,7)8)57(83)87-39(2)54(80)85-37-42-20-18-17-19-21-42/h17-25,27-30,38-39,45-50,73H,26,31-37H2,1-16H3/t38-,39-,45+,46+,47+,48+,49-,50-/m1/s1. The van der Waals surface area contributed by atoms with Crippen molar-refractivity contribution < 1.29 is 107 Å². The Hall–Kier alpha value is -7.58. The molecule has 3 amide bonds. The number of carbonyl (C=O) groups is 8. The number of aryl methyl sites for hydroxylation is 1. The van der Waals surface area contributed by atoms with Crippen LogP contribution in [0.25, 0.3) is 0 Å². The quantitative estimate of drug-likeness (QED) is 0.0359. The van der Waals surface area contributed by atoms with Crippen molar-refractivity contribution in [3.05, 3.63) is 95.6 Å². The molecule has 1 N–H and O–H groups in total. The van der Waals surface area contributed by atoms with Gasteiger partial charge in [-0.3, -0.25) is 19.2 Å². The Morgan fingerprint density at radius 1 is 0.451 bits per heavy atom. The third-order valence-electron chi connectivity index (χ3n) is 13.9. The number of nitrogens with zero attached hydrogens (tertiary/aromatic N) is 3. The molecule has 8 atom stereocenters. The molecule has 0 saturated heterocycles. The molecule has 3 aromatic rings. The lowest BCUT2D eigenvalue weighted by atomic mass is 9.87. The van der Waals surface area contributed by atoms with Crippen LogP contribution in [0.1, 0.15) is 132 Å². The summed E-state index contributed by atoms with van der Waals surface area (Å²) in [5.74, 6) is -10.0. The number of benzene rings is 3. The van der Waals surface area contributed by atoms with E-state index < -0.39 is 162 Å². The highest BCUT2D eigenvalue weighted by Gasteiger charge is 2.44. The number of esters is 5. The van der Waals surface area contributed by atoms with Gasteiger partial charge in [0.25, 0.3) is 17.7 Å². The van der Waals surface area contributed by atoms with Crippen LogP contribution >= 0.6 is 0 Å². The van der Waals surface area contributed by atoms with Gasteiger partial charge in [-0.1, -0.05) is 96.1 Å².